The highest BCUT2D eigenvalue weighted by Crippen LogP contribution is 2.45. The minimum atomic E-state index is -0.408. The number of hydrogen-bond acceptors (Lipinski definition) is 5. The number of carbonyl (C=O) groups is 1. The summed E-state index contributed by atoms with van der Waals surface area (Å²) in [5.74, 6) is -0.129. The zero-order valence-corrected chi connectivity index (χ0v) is 18.2. The highest BCUT2D eigenvalue weighted by atomic mass is 79.9. The molecule has 30 heavy (non-hydrogen) atoms. The fourth-order valence-corrected chi connectivity index (χ4v) is 4.35. The number of fused-ring (bicyclic) bond motifs is 1. The quantitative estimate of drug-likeness (QED) is 0.503. The molecule has 0 saturated carbocycles. The van der Waals surface area contributed by atoms with Gasteiger partial charge in [-0.2, -0.15) is 0 Å². The molecule has 5 nitrogen and oxygen atoms in total. The summed E-state index contributed by atoms with van der Waals surface area (Å²) in [6.45, 7) is 2.19. The van der Waals surface area contributed by atoms with Crippen LogP contribution in [0.4, 0.5) is 5.69 Å². The number of benzene rings is 3. The van der Waals surface area contributed by atoms with Crippen molar-refractivity contribution in [1.82, 2.24) is 4.90 Å². The van der Waals surface area contributed by atoms with E-state index in [0.29, 0.717) is 12.2 Å². The smallest absolute Gasteiger partial charge is 0.320 e. The van der Waals surface area contributed by atoms with E-state index < -0.39 is 6.17 Å². The number of aromatic hydroxyl groups is 1. The number of anilines is 1. The van der Waals surface area contributed by atoms with Gasteiger partial charge in [0, 0.05) is 15.7 Å². The van der Waals surface area contributed by atoms with E-state index in [1.165, 1.54) is 0 Å². The molecule has 0 spiro atoms. The molecule has 6 heteroatoms. The molecule has 2 atom stereocenters. The van der Waals surface area contributed by atoms with Gasteiger partial charge in [-0.25, -0.2) is 0 Å². The Kier molecular flexibility index (Phi) is 6.06. The number of carbonyl (C=O) groups excluding carboxylic acids is 1. The first-order valence-corrected chi connectivity index (χ1v) is 10.7. The van der Waals surface area contributed by atoms with Gasteiger partial charge in [-0.05, 0) is 42.3 Å². The van der Waals surface area contributed by atoms with Crippen molar-refractivity contribution >= 4 is 27.6 Å². The highest BCUT2D eigenvalue weighted by molar-refractivity contribution is 9.10. The second kappa shape index (κ2) is 8.90. The minimum Gasteiger partial charge on any atom is -0.508 e. The molecule has 0 unspecified atom stereocenters. The van der Waals surface area contributed by atoms with Crippen LogP contribution in [0.2, 0.25) is 0 Å². The van der Waals surface area contributed by atoms with Crippen LogP contribution in [0.5, 0.6) is 5.75 Å². The molecule has 1 aliphatic heterocycles. The molecule has 0 amide bonds. The Morgan fingerprint density at radius 2 is 1.80 bits per heavy atom. The van der Waals surface area contributed by atoms with Crippen LogP contribution < -0.4 is 5.32 Å². The van der Waals surface area contributed by atoms with Gasteiger partial charge in [0.1, 0.15) is 11.9 Å². The van der Waals surface area contributed by atoms with Gasteiger partial charge in [-0.1, -0.05) is 64.5 Å². The normalized spacial score (nSPS) is 18.3. The Hall–Kier alpha value is -2.83. The van der Waals surface area contributed by atoms with Crippen LogP contribution in [0.25, 0.3) is 0 Å². The summed E-state index contributed by atoms with van der Waals surface area (Å²) < 4.78 is 6.23. The summed E-state index contributed by atoms with van der Waals surface area (Å²) in [7, 11) is 0. The Balaban J connectivity index is 1.89. The van der Waals surface area contributed by atoms with Gasteiger partial charge in [0.25, 0.3) is 0 Å². The topological polar surface area (TPSA) is 61.8 Å². The van der Waals surface area contributed by atoms with E-state index in [1.807, 2.05) is 47.4 Å². The van der Waals surface area contributed by atoms with Gasteiger partial charge < -0.3 is 15.2 Å². The molecule has 0 bridgehead atoms. The van der Waals surface area contributed by atoms with Crippen LogP contribution in [-0.2, 0) is 9.53 Å². The van der Waals surface area contributed by atoms with E-state index in [0.717, 1.165) is 21.3 Å². The van der Waals surface area contributed by atoms with Crippen molar-refractivity contribution in [2.75, 3.05) is 18.5 Å². The molecule has 0 fully saturated rings. The number of hydrogen-bond donors (Lipinski definition) is 2. The first-order valence-electron chi connectivity index (χ1n) is 9.88. The predicted molar refractivity (Wildman–Crippen MR) is 120 cm³/mol. The van der Waals surface area contributed by atoms with Crippen LogP contribution in [0.3, 0.4) is 0 Å². The zero-order chi connectivity index (χ0) is 21.1. The fourth-order valence-electron chi connectivity index (χ4n) is 3.97. The first-order chi connectivity index (χ1) is 14.6. The van der Waals surface area contributed by atoms with Gasteiger partial charge in [0.15, 0.2) is 0 Å². The lowest BCUT2D eigenvalue weighted by atomic mass is 9.91. The molecular weight excluding hydrogens is 444 g/mol. The number of phenolic OH excluding ortho intramolecular Hbond substituents is 1. The molecule has 0 radical (unpaired) electrons. The minimum absolute atomic E-state index is 0.0748. The molecule has 1 heterocycles. The Morgan fingerprint density at radius 1 is 1.07 bits per heavy atom. The maximum absolute atomic E-state index is 12.6. The van der Waals surface area contributed by atoms with E-state index in [1.54, 1.807) is 19.1 Å². The van der Waals surface area contributed by atoms with Gasteiger partial charge in [-0.15, -0.1) is 0 Å². The van der Waals surface area contributed by atoms with Crippen LogP contribution in [0.1, 0.15) is 35.8 Å². The van der Waals surface area contributed by atoms with Gasteiger partial charge in [0.2, 0.25) is 0 Å². The molecule has 3 aromatic carbocycles. The predicted octanol–water partition coefficient (Wildman–Crippen LogP) is 5.23. The molecule has 0 aromatic heterocycles. The lowest BCUT2D eigenvalue weighted by Gasteiger charge is -2.44. The third-order valence-electron chi connectivity index (χ3n) is 5.23. The maximum Gasteiger partial charge on any atom is 0.320 e. The van der Waals surface area contributed by atoms with Crippen molar-refractivity contribution in [2.45, 2.75) is 19.1 Å². The number of nitrogens with one attached hydrogen (secondary N) is 1. The van der Waals surface area contributed by atoms with Crippen LogP contribution in [-0.4, -0.2) is 29.1 Å². The Morgan fingerprint density at radius 3 is 2.53 bits per heavy atom. The molecule has 3 aromatic rings. The number of halogens is 1. The van der Waals surface area contributed by atoms with Crippen LogP contribution in [0, 0.1) is 0 Å². The van der Waals surface area contributed by atoms with E-state index in [2.05, 4.69) is 39.4 Å². The van der Waals surface area contributed by atoms with Gasteiger partial charge in [-0.3, -0.25) is 9.69 Å². The van der Waals surface area contributed by atoms with Gasteiger partial charge in [0.05, 0.1) is 19.2 Å². The molecule has 0 aliphatic carbocycles. The zero-order valence-electron chi connectivity index (χ0n) is 16.6. The first kappa shape index (κ1) is 20.4. The lowest BCUT2D eigenvalue weighted by molar-refractivity contribution is -0.145. The van der Waals surface area contributed by atoms with Crippen molar-refractivity contribution in [3.8, 4) is 5.75 Å². The number of ether oxygens (including phenoxy) is 1. The number of rotatable bonds is 5. The van der Waals surface area contributed by atoms with E-state index >= 15 is 0 Å². The van der Waals surface area contributed by atoms with E-state index in [4.69, 9.17) is 4.74 Å². The molecule has 154 valence electrons. The number of esters is 1. The van der Waals surface area contributed by atoms with Crippen molar-refractivity contribution in [3.05, 3.63) is 94.0 Å². The number of para-hydroxylation sites is 1. The standard InChI is InChI=1S/C24H23BrN2O3/c1-2-30-22(29)15-27-23(16-8-4-3-5-9-16)19-14-17(25)12-13-20(19)26-24(27)18-10-6-7-11-21(18)28/h3-14,23-24,26,28H,2,15H2,1H3/t23-,24-/m1/s1. The van der Waals surface area contributed by atoms with Crippen molar-refractivity contribution in [2.24, 2.45) is 0 Å². The Bertz CT molecular complexity index is 1040. The van der Waals surface area contributed by atoms with Crippen molar-refractivity contribution in [1.29, 1.82) is 0 Å². The number of nitrogens with zero attached hydrogens (tertiary/aromatic N) is 1. The maximum atomic E-state index is 12.6. The second-order valence-corrected chi connectivity index (χ2v) is 8.04. The molecule has 4 rings (SSSR count). The molecular formula is C24H23BrN2O3. The van der Waals surface area contributed by atoms with Gasteiger partial charge >= 0.3 is 5.97 Å². The largest absolute Gasteiger partial charge is 0.508 e. The Labute approximate surface area is 184 Å². The third-order valence-corrected chi connectivity index (χ3v) is 5.72. The molecule has 2 N–H and O–H groups in total. The molecule has 0 saturated heterocycles. The summed E-state index contributed by atoms with van der Waals surface area (Å²) in [6.07, 6.45) is -0.408. The summed E-state index contributed by atoms with van der Waals surface area (Å²) in [6, 6.07) is 23.1. The lowest BCUT2D eigenvalue weighted by Crippen LogP contribution is -2.44. The summed E-state index contributed by atoms with van der Waals surface area (Å²) in [5.41, 5.74) is 3.77. The average molecular weight is 467 g/mol. The third kappa shape index (κ3) is 4.06. The van der Waals surface area contributed by atoms with Crippen LogP contribution >= 0.6 is 15.9 Å². The fraction of sp³-hybridized carbons (Fsp3) is 0.208. The summed E-state index contributed by atoms with van der Waals surface area (Å²) in [5, 5.41) is 14.1. The SMILES string of the molecule is CCOC(=O)CN1[C@H](c2ccccc2)c2cc(Br)ccc2N[C@H]1c1ccccc1O. The van der Waals surface area contributed by atoms with Crippen molar-refractivity contribution < 1.29 is 14.6 Å². The molecule has 1 aliphatic rings. The number of phenols is 1. The highest BCUT2D eigenvalue weighted by Gasteiger charge is 2.38. The van der Waals surface area contributed by atoms with E-state index in [9.17, 15) is 9.90 Å². The summed E-state index contributed by atoms with van der Waals surface area (Å²) in [4.78, 5) is 14.6. The van der Waals surface area contributed by atoms with Crippen LogP contribution in [0.15, 0.2) is 77.3 Å². The monoisotopic (exact) mass is 466 g/mol. The van der Waals surface area contributed by atoms with E-state index in [-0.39, 0.29) is 24.3 Å². The van der Waals surface area contributed by atoms with Crippen molar-refractivity contribution in [3.63, 3.8) is 0 Å². The average Bonchev–Trinajstić information content (AvgIpc) is 2.74. The second-order valence-electron chi connectivity index (χ2n) is 7.13. The summed E-state index contributed by atoms with van der Waals surface area (Å²) >= 11 is 3.58.